The Morgan fingerprint density at radius 2 is 1.62 bits per heavy atom. The molecule has 21 heavy (non-hydrogen) atoms. The van der Waals surface area contributed by atoms with Gasteiger partial charge in [-0.05, 0) is 12.1 Å². The third kappa shape index (κ3) is 3.36. The number of nitrogens with zero attached hydrogens (tertiary/aromatic N) is 1. The van der Waals surface area contributed by atoms with Crippen molar-refractivity contribution in [3.8, 4) is 17.0 Å². The summed E-state index contributed by atoms with van der Waals surface area (Å²) in [7, 11) is 1.14. The Hall–Kier alpha value is -1.17. The summed E-state index contributed by atoms with van der Waals surface area (Å²) in [5.74, 6) is -0.352. The van der Waals surface area contributed by atoms with Gasteiger partial charge < -0.3 is 4.74 Å². The van der Waals surface area contributed by atoms with Crippen LogP contribution in [0.25, 0.3) is 11.3 Å². The molecule has 0 amide bonds. The molecule has 0 bridgehead atoms. The van der Waals surface area contributed by atoms with E-state index >= 15 is 0 Å². The zero-order chi connectivity index (χ0) is 15.8. The second-order valence-electron chi connectivity index (χ2n) is 4.01. The molecule has 2 aromatic rings. The van der Waals surface area contributed by atoms with Crippen molar-refractivity contribution in [1.29, 1.82) is 0 Å². The summed E-state index contributed by atoms with van der Waals surface area (Å²) >= 11 is 17.7. The fourth-order valence-corrected chi connectivity index (χ4v) is 2.33. The van der Waals surface area contributed by atoms with Crippen molar-refractivity contribution in [2.24, 2.45) is 0 Å². The number of hydrogen-bond donors (Lipinski definition) is 0. The van der Waals surface area contributed by atoms with Gasteiger partial charge in [-0.15, -0.1) is 0 Å². The van der Waals surface area contributed by atoms with E-state index in [0.29, 0.717) is 11.8 Å². The predicted octanol–water partition coefficient (Wildman–Crippen LogP) is 5.74. The van der Waals surface area contributed by atoms with Gasteiger partial charge in [0.25, 0.3) is 0 Å². The molecular weight excluding hydrogens is 350 g/mol. The van der Waals surface area contributed by atoms with Crippen molar-refractivity contribution < 1.29 is 17.9 Å². The van der Waals surface area contributed by atoms with Gasteiger partial charge >= 0.3 is 6.18 Å². The van der Waals surface area contributed by atoms with Crippen LogP contribution >= 0.6 is 34.8 Å². The van der Waals surface area contributed by atoms with Gasteiger partial charge in [-0.2, -0.15) is 13.2 Å². The molecule has 0 saturated carbocycles. The normalized spacial score (nSPS) is 11.6. The molecule has 1 heterocycles. The van der Waals surface area contributed by atoms with E-state index in [4.69, 9.17) is 39.5 Å². The number of methoxy groups -OCH3 is 1. The topological polar surface area (TPSA) is 22.1 Å². The number of benzene rings is 1. The molecular formula is C13H7Cl3F3NO. The Kier molecular flexibility index (Phi) is 4.56. The third-order valence-electron chi connectivity index (χ3n) is 2.68. The summed E-state index contributed by atoms with van der Waals surface area (Å²) in [5, 5.41) is 0.680. The van der Waals surface area contributed by atoms with Crippen LogP contribution in [0.4, 0.5) is 13.2 Å². The lowest BCUT2D eigenvalue weighted by atomic mass is 10.1. The minimum atomic E-state index is -4.56. The van der Waals surface area contributed by atoms with Gasteiger partial charge in [-0.25, -0.2) is 0 Å². The van der Waals surface area contributed by atoms with Crippen LogP contribution < -0.4 is 4.74 Å². The minimum Gasteiger partial charge on any atom is -0.496 e. The molecule has 0 aliphatic heterocycles. The molecule has 0 atom stereocenters. The summed E-state index contributed by atoms with van der Waals surface area (Å²) < 4.78 is 43.1. The molecule has 0 unspecified atom stereocenters. The smallest absolute Gasteiger partial charge is 0.421 e. The van der Waals surface area contributed by atoms with Gasteiger partial charge in [0.1, 0.15) is 11.3 Å². The van der Waals surface area contributed by atoms with Crippen LogP contribution in [-0.2, 0) is 6.18 Å². The Morgan fingerprint density at radius 3 is 2.19 bits per heavy atom. The number of pyridine rings is 1. The van der Waals surface area contributed by atoms with E-state index in [1.54, 1.807) is 0 Å². The fraction of sp³-hybridized carbons (Fsp3) is 0.154. The molecule has 2 nitrogen and oxygen atoms in total. The highest BCUT2D eigenvalue weighted by Crippen LogP contribution is 2.39. The highest BCUT2D eigenvalue weighted by atomic mass is 35.5. The van der Waals surface area contributed by atoms with E-state index in [1.165, 1.54) is 12.1 Å². The number of rotatable bonds is 2. The average Bonchev–Trinajstić information content (AvgIpc) is 2.41. The Balaban J connectivity index is 2.59. The van der Waals surface area contributed by atoms with E-state index in [-0.39, 0.29) is 26.5 Å². The van der Waals surface area contributed by atoms with Crippen LogP contribution in [0.3, 0.4) is 0 Å². The Labute approximate surface area is 133 Å². The summed E-state index contributed by atoms with van der Waals surface area (Å²) in [6.45, 7) is 0. The second-order valence-corrected chi connectivity index (χ2v) is 5.24. The molecule has 0 aliphatic rings. The average molecular weight is 357 g/mol. The molecule has 0 N–H and O–H groups in total. The first-order chi connectivity index (χ1) is 9.74. The lowest BCUT2D eigenvalue weighted by molar-refractivity contribution is -0.139. The molecule has 1 aromatic carbocycles. The number of ether oxygens (including phenoxy) is 1. The van der Waals surface area contributed by atoms with Crippen molar-refractivity contribution in [1.82, 2.24) is 4.98 Å². The number of aromatic nitrogens is 1. The maximum absolute atomic E-state index is 12.8. The summed E-state index contributed by atoms with van der Waals surface area (Å²) in [6.07, 6.45) is -3.87. The van der Waals surface area contributed by atoms with Crippen molar-refractivity contribution >= 4 is 34.8 Å². The molecule has 0 saturated heterocycles. The molecule has 0 spiro atoms. The lowest BCUT2D eigenvalue weighted by Gasteiger charge is -2.13. The number of hydrogen-bond acceptors (Lipinski definition) is 2. The highest BCUT2D eigenvalue weighted by molar-refractivity contribution is 6.44. The fourth-order valence-electron chi connectivity index (χ4n) is 1.68. The zero-order valence-corrected chi connectivity index (χ0v) is 12.7. The SMILES string of the molecule is COc1cc(-c2cc(Cl)c(Cl)cc2Cl)ncc1C(F)(F)F. The van der Waals surface area contributed by atoms with E-state index in [0.717, 1.165) is 13.2 Å². The van der Waals surface area contributed by atoms with Crippen LogP contribution in [-0.4, -0.2) is 12.1 Å². The largest absolute Gasteiger partial charge is 0.496 e. The second kappa shape index (κ2) is 5.91. The zero-order valence-electron chi connectivity index (χ0n) is 10.4. The molecule has 112 valence electrons. The van der Waals surface area contributed by atoms with Crippen LogP contribution in [0.1, 0.15) is 5.56 Å². The van der Waals surface area contributed by atoms with Crippen LogP contribution in [0.2, 0.25) is 15.1 Å². The lowest BCUT2D eigenvalue weighted by Crippen LogP contribution is -2.08. The summed E-state index contributed by atoms with van der Waals surface area (Å²) in [6, 6.07) is 3.97. The van der Waals surface area contributed by atoms with E-state index < -0.39 is 11.7 Å². The predicted molar refractivity (Wildman–Crippen MR) is 76.3 cm³/mol. The van der Waals surface area contributed by atoms with E-state index in [1.807, 2.05) is 0 Å². The van der Waals surface area contributed by atoms with Gasteiger partial charge in [0, 0.05) is 17.8 Å². The van der Waals surface area contributed by atoms with Gasteiger partial charge in [-0.1, -0.05) is 34.8 Å². The van der Waals surface area contributed by atoms with Gasteiger partial charge in [0.05, 0.1) is 27.9 Å². The van der Waals surface area contributed by atoms with Gasteiger partial charge in [0.2, 0.25) is 0 Å². The van der Waals surface area contributed by atoms with Crippen LogP contribution in [0.15, 0.2) is 24.4 Å². The quantitative estimate of drug-likeness (QED) is 0.640. The summed E-state index contributed by atoms with van der Waals surface area (Å²) in [5.41, 5.74) is -0.411. The van der Waals surface area contributed by atoms with Gasteiger partial charge in [0.15, 0.2) is 0 Å². The molecule has 0 radical (unpaired) electrons. The Bertz CT molecular complexity index is 689. The summed E-state index contributed by atoms with van der Waals surface area (Å²) in [4.78, 5) is 3.77. The van der Waals surface area contributed by atoms with Crippen molar-refractivity contribution in [3.05, 3.63) is 45.0 Å². The standard InChI is InChI=1S/C13H7Cl3F3NO/c1-21-12-4-11(20-5-7(12)13(17,18)19)6-2-9(15)10(16)3-8(6)14/h2-5H,1H3. The first kappa shape index (κ1) is 16.2. The monoisotopic (exact) mass is 355 g/mol. The maximum atomic E-state index is 12.8. The molecule has 0 aliphatic carbocycles. The third-order valence-corrected chi connectivity index (χ3v) is 3.71. The van der Waals surface area contributed by atoms with Crippen molar-refractivity contribution in [2.45, 2.75) is 6.18 Å². The number of alkyl halides is 3. The van der Waals surface area contributed by atoms with Crippen molar-refractivity contribution in [3.63, 3.8) is 0 Å². The van der Waals surface area contributed by atoms with Gasteiger partial charge in [-0.3, -0.25) is 4.98 Å². The Morgan fingerprint density at radius 1 is 1.00 bits per heavy atom. The van der Waals surface area contributed by atoms with Crippen LogP contribution in [0, 0.1) is 0 Å². The molecule has 1 aromatic heterocycles. The van der Waals surface area contributed by atoms with Crippen LogP contribution in [0.5, 0.6) is 5.75 Å². The highest BCUT2D eigenvalue weighted by Gasteiger charge is 2.35. The maximum Gasteiger partial charge on any atom is 0.421 e. The van der Waals surface area contributed by atoms with Crippen molar-refractivity contribution in [2.75, 3.05) is 7.11 Å². The molecule has 8 heteroatoms. The first-order valence-corrected chi connectivity index (χ1v) is 6.63. The molecule has 0 fully saturated rings. The molecule has 2 rings (SSSR count). The minimum absolute atomic E-state index is 0.198. The first-order valence-electron chi connectivity index (χ1n) is 5.50. The van der Waals surface area contributed by atoms with E-state index in [9.17, 15) is 13.2 Å². The van der Waals surface area contributed by atoms with E-state index in [2.05, 4.69) is 4.98 Å². The number of halogens is 6.